The van der Waals surface area contributed by atoms with Crippen LogP contribution in [0, 0.1) is 0 Å². The highest BCUT2D eigenvalue weighted by molar-refractivity contribution is 7.14. The van der Waals surface area contributed by atoms with E-state index in [0.29, 0.717) is 6.54 Å². The molecule has 6 heteroatoms. The van der Waals surface area contributed by atoms with Crippen LogP contribution in [-0.4, -0.2) is 15.2 Å². The Morgan fingerprint density at radius 3 is 2.86 bits per heavy atom. The average molecular weight is 208 g/mol. The lowest BCUT2D eigenvalue weighted by molar-refractivity contribution is 0.960. The minimum atomic E-state index is -0.127. The summed E-state index contributed by atoms with van der Waals surface area (Å²) in [6.07, 6.45) is 1.61. The number of aromatic amines is 1. The molecule has 2 heterocycles. The van der Waals surface area contributed by atoms with E-state index < -0.39 is 0 Å². The Kier molecular flexibility index (Phi) is 2.38. The van der Waals surface area contributed by atoms with E-state index in [1.54, 1.807) is 12.3 Å². The standard InChI is InChI=1S/C8H8N4OS/c9-3-7-11-12-8(14-7)5-1-2-6(13)10-4-5/h1-2,4H,3,9H2,(H,10,13). The van der Waals surface area contributed by atoms with Crippen LogP contribution in [0.3, 0.4) is 0 Å². The van der Waals surface area contributed by atoms with Gasteiger partial charge in [-0.1, -0.05) is 11.3 Å². The average Bonchev–Trinajstić information content (AvgIpc) is 2.67. The molecule has 2 aromatic rings. The van der Waals surface area contributed by atoms with Crippen LogP contribution in [0.15, 0.2) is 23.1 Å². The van der Waals surface area contributed by atoms with Crippen molar-refractivity contribution in [1.82, 2.24) is 15.2 Å². The molecule has 0 saturated heterocycles. The third kappa shape index (κ3) is 1.70. The molecule has 0 atom stereocenters. The Bertz CT molecular complexity index is 470. The topological polar surface area (TPSA) is 84.7 Å². The van der Waals surface area contributed by atoms with E-state index in [2.05, 4.69) is 15.2 Å². The molecule has 2 rings (SSSR count). The van der Waals surface area contributed by atoms with E-state index in [-0.39, 0.29) is 5.56 Å². The van der Waals surface area contributed by atoms with Gasteiger partial charge in [-0.2, -0.15) is 0 Å². The van der Waals surface area contributed by atoms with Crippen LogP contribution in [0.4, 0.5) is 0 Å². The van der Waals surface area contributed by atoms with E-state index in [9.17, 15) is 4.79 Å². The number of nitrogens with two attached hydrogens (primary N) is 1. The fourth-order valence-electron chi connectivity index (χ4n) is 0.996. The van der Waals surface area contributed by atoms with Crippen LogP contribution in [0.2, 0.25) is 0 Å². The van der Waals surface area contributed by atoms with Gasteiger partial charge in [0.2, 0.25) is 5.56 Å². The third-order valence-electron chi connectivity index (χ3n) is 1.67. The summed E-state index contributed by atoms with van der Waals surface area (Å²) in [5, 5.41) is 9.39. The molecule has 0 fully saturated rings. The summed E-state index contributed by atoms with van der Waals surface area (Å²) in [6.45, 7) is 0.390. The predicted molar refractivity (Wildman–Crippen MR) is 53.9 cm³/mol. The Morgan fingerprint density at radius 1 is 1.43 bits per heavy atom. The van der Waals surface area contributed by atoms with Gasteiger partial charge >= 0.3 is 0 Å². The van der Waals surface area contributed by atoms with Gasteiger partial charge in [-0.25, -0.2) is 0 Å². The number of pyridine rings is 1. The van der Waals surface area contributed by atoms with E-state index in [1.807, 2.05) is 0 Å². The SMILES string of the molecule is NCc1nnc(-c2ccc(=O)[nH]c2)s1. The summed E-state index contributed by atoms with van der Waals surface area (Å²) in [7, 11) is 0. The summed E-state index contributed by atoms with van der Waals surface area (Å²) in [5.41, 5.74) is 6.14. The molecule has 72 valence electrons. The molecule has 0 aliphatic rings. The molecule has 0 aromatic carbocycles. The number of aromatic nitrogens is 3. The Balaban J connectivity index is 2.39. The van der Waals surface area contributed by atoms with Crippen molar-refractivity contribution >= 4 is 11.3 Å². The summed E-state index contributed by atoms with van der Waals surface area (Å²) >= 11 is 1.42. The summed E-state index contributed by atoms with van der Waals surface area (Å²) in [6, 6.07) is 3.17. The van der Waals surface area contributed by atoms with E-state index in [4.69, 9.17) is 5.73 Å². The summed E-state index contributed by atoms with van der Waals surface area (Å²) in [5.74, 6) is 0. The van der Waals surface area contributed by atoms with Crippen molar-refractivity contribution in [2.24, 2.45) is 5.73 Å². The summed E-state index contributed by atoms with van der Waals surface area (Å²) in [4.78, 5) is 13.4. The third-order valence-corrected chi connectivity index (χ3v) is 2.67. The zero-order chi connectivity index (χ0) is 9.97. The molecule has 0 radical (unpaired) electrons. The van der Waals surface area contributed by atoms with Crippen LogP contribution >= 0.6 is 11.3 Å². The maximum Gasteiger partial charge on any atom is 0.247 e. The van der Waals surface area contributed by atoms with Gasteiger partial charge in [-0.15, -0.1) is 10.2 Å². The first-order chi connectivity index (χ1) is 6.79. The molecule has 5 nitrogen and oxygen atoms in total. The van der Waals surface area contributed by atoms with Crippen molar-refractivity contribution < 1.29 is 0 Å². The van der Waals surface area contributed by atoms with E-state index >= 15 is 0 Å². The molecule has 0 amide bonds. The Morgan fingerprint density at radius 2 is 2.29 bits per heavy atom. The second-order valence-electron chi connectivity index (χ2n) is 2.65. The molecule has 0 aliphatic heterocycles. The highest BCUT2D eigenvalue weighted by atomic mass is 32.1. The lowest BCUT2D eigenvalue weighted by Crippen LogP contribution is -2.01. The first kappa shape index (κ1) is 9.04. The van der Waals surface area contributed by atoms with Crippen molar-refractivity contribution in [2.75, 3.05) is 0 Å². The molecule has 3 N–H and O–H groups in total. The molecule has 0 saturated carbocycles. The maximum absolute atomic E-state index is 10.8. The lowest BCUT2D eigenvalue weighted by Gasteiger charge is -1.91. The zero-order valence-corrected chi connectivity index (χ0v) is 8.04. The van der Waals surface area contributed by atoms with Gasteiger partial charge in [0.05, 0.1) is 0 Å². The summed E-state index contributed by atoms with van der Waals surface area (Å²) < 4.78 is 0. The van der Waals surface area contributed by atoms with Crippen molar-refractivity contribution in [3.63, 3.8) is 0 Å². The Labute approximate surface area is 83.6 Å². The molecule has 0 bridgehead atoms. The van der Waals surface area contributed by atoms with Gasteiger partial charge in [0.15, 0.2) is 0 Å². The predicted octanol–water partition coefficient (Wildman–Crippen LogP) is 0.352. The minimum Gasteiger partial charge on any atom is -0.328 e. The van der Waals surface area contributed by atoms with Crippen LogP contribution in [0.5, 0.6) is 0 Å². The largest absolute Gasteiger partial charge is 0.328 e. The van der Waals surface area contributed by atoms with Gasteiger partial charge in [-0.3, -0.25) is 4.79 Å². The smallest absolute Gasteiger partial charge is 0.247 e. The normalized spacial score (nSPS) is 10.4. The molecule has 0 spiro atoms. The van der Waals surface area contributed by atoms with Crippen LogP contribution < -0.4 is 11.3 Å². The highest BCUT2D eigenvalue weighted by Gasteiger charge is 2.04. The van der Waals surface area contributed by atoms with Crippen molar-refractivity contribution in [2.45, 2.75) is 6.54 Å². The fraction of sp³-hybridized carbons (Fsp3) is 0.125. The van der Waals surface area contributed by atoms with Gasteiger partial charge < -0.3 is 10.7 Å². The number of rotatable bonds is 2. The van der Waals surface area contributed by atoms with Gasteiger partial charge in [-0.05, 0) is 6.07 Å². The number of nitrogens with zero attached hydrogens (tertiary/aromatic N) is 2. The van der Waals surface area contributed by atoms with Gasteiger partial charge in [0.25, 0.3) is 0 Å². The zero-order valence-electron chi connectivity index (χ0n) is 7.23. The quantitative estimate of drug-likeness (QED) is 0.745. The minimum absolute atomic E-state index is 0.127. The number of hydrogen-bond acceptors (Lipinski definition) is 5. The molecule has 2 aromatic heterocycles. The van der Waals surface area contributed by atoms with Crippen LogP contribution in [-0.2, 0) is 6.54 Å². The fourth-order valence-corrected chi connectivity index (χ4v) is 1.71. The van der Waals surface area contributed by atoms with Crippen molar-refractivity contribution in [3.8, 4) is 10.6 Å². The molecule has 14 heavy (non-hydrogen) atoms. The number of nitrogens with one attached hydrogen (secondary N) is 1. The number of hydrogen-bond donors (Lipinski definition) is 2. The number of H-pyrrole nitrogens is 1. The van der Waals surface area contributed by atoms with E-state index in [1.165, 1.54) is 17.4 Å². The Hall–Kier alpha value is -1.53. The maximum atomic E-state index is 10.8. The lowest BCUT2D eigenvalue weighted by atomic mass is 10.3. The molecular formula is C8H8N4OS. The van der Waals surface area contributed by atoms with Crippen LogP contribution in [0.1, 0.15) is 5.01 Å². The molecule has 0 aliphatic carbocycles. The molecule has 0 unspecified atom stereocenters. The van der Waals surface area contributed by atoms with Gasteiger partial charge in [0, 0.05) is 24.4 Å². The second-order valence-corrected chi connectivity index (χ2v) is 3.71. The van der Waals surface area contributed by atoms with Crippen LogP contribution in [0.25, 0.3) is 10.6 Å². The van der Waals surface area contributed by atoms with E-state index in [0.717, 1.165) is 15.6 Å². The molecular weight excluding hydrogens is 200 g/mol. The van der Waals surface area contributed by atoms with Gasteiger partial charge in [0.1, 0.15) is 10.0 Å². The van der Waals surface area contributed by atoms with Crippen molar-refractivity contribution in [3.05, 3.63) is 33.7 Å². The first-order valence-corrected chi connectivity index (χ1v) is 4.83. The first-order valence-electron chi connectivity index (χ1n) is 4.01. The van der Waals surface area contributed by atoms with Crippen molar-refractivity contribution in [1.29, 1.82) is 0 Å². The highest BCUT2D eigenvalue weighted by Crippen LogP contribution is 2.21. The second kappa shape index (κ2) is 3.69. The monoisotopic (exact) mass is 208 g/mol.